The average Bonchev–Trinajstić information content (AvgIpc) is 3.14. The molecule has 1 saturated heterocycles. The molecule has 1 saturated carbocycles. The van der Waals surface area contributed by atoms with Gasteiger partial charge >= 0.3 is 0 Å². The first-order valence-electron chi connectivity index (χ1n) is 7.57. The number of benzene rings is 1. The van der Waals surface area contributed by atoms with Gasteiger partial charge in [-0.05, 0) is 31.0 Å². The van der Waals surface area contributed by atoms with Crippen molar-refractivity contribution in [3.05, 3.63) is 24.1 Å². The molecule has 22 heavy (non-hydrogen) atoms. The maximum Gasteiger partial charge on any atom is 0.229 e. The Kier molecular flexibility index (Phi) is 2.92. The van der Waals surface area contributed by atoms with Crippen molar-refractivity contribution in [2.45, 2.75) is 32.2 Å². The Morgan fingerprint density at radius 2 is 2.23 bits per heavy atom. The van der Waals surface area contributed by atoms with E-state index in [0.29, 0.717) is 36.2 Å². The van der Waals surface area contributed by atoms with E-state index in [9.17, 15) is 9.59 Å². The summed E-state index contributed by atoms with van der Waals surface area (Å²) in [6, 6.07) is 5.75. The third-order valence-electron chi connectivity index (χ3n) is 4.28. The molecule has 0 unspecified atom stereocenters. The number of anilines is 1. The molecule has 2 amide bonds. The van der Waals surface area contributed by atoms with Crippen molar-refractivity contribution < 1.29 is 14.0 Å². The summed E-state index contributed by atoms with van der Waals surface area (Å²) in [7, 11) is 0. The molecule has 1 aromatic carbocycles. The molecule has 2 heterocycles. The van der Waals surface area contributed by atoms with Crippen LogP contribution in [-0.2, 0) is 9.59 Å². The van der Waals surface area contributed by atoms with Gasteiger partial charge in [-0.25, -0.2) is 4.98 Å². The Hall–Kier alpha value is -2.37. The maximum absolute atomic E-state index is 12.4. The number of oxazole rings is 1. The van der Waals surface area contributed by atoms with Crippen LogP contribution in [0.3, 0.4) is 0 Å². The molecule has 6 heteroatoms. The summed E-state index contributed by atoms with van der Waals surface area (Å²) >= 11 is 0. The van der Waals surface area contributed by atoms with Crippen LogP contribution in [-0.4, -0.2) is 34.3 Å². The van der Waals surface area contributed by atoms with Crippen molar-refractivity contribution in [3.63, 3.8) is 0 Å². The van der Waals surface area contributed by atoms with Gasteiger partial charge in [-0.2, -0.15) is 0 Å². The fraction of sp³-hybridized carbons (Fsp3) is 0.438. The Balaban J connectivity index is 1.47. The minimum atomic E-state index is -0.261. The molecule has 1 atom stereocenters. The summed E-state index contributed by atoms with van der Waals surface area (Å²) in [6.45, 7) is 2.33. The van der Waals surface area contributed by atoms with E-state index in [4.69, 9.17) is 4.42 Å². The lowest BCUT2D eigenvalue weighted by atomic mass is 10.1. The van der Waals surface area contributed by atoms with Crippen LogP contribution in [0.15, 0.2) is 22.6 Å². The SMILES string of the molecule is Cc1nc2cc(NC(=O)[C@@H]3CC(=O)N(C4CC4)C3)ccc2o1. The van der Waals surface area contributed by atoms with E-state index in [1.807, 2.05) is 4.90 Å². The quantitative estimate of drug-likeness (QED) is 0.941. The molecule has 1 aliphatic carbocycles. The van der Waals surface area contributed by atoms with E-state index in [1.54, 1.807) is 25.1 Å². The Bertz CT molecular complexity index is 763. The van der Waals surface area contributed by atoms with E-state index >= 15 is 0 Å². The number of rotatable bonds is 3. The summed E-state index contributed by atoms with van der Waals surface area (Å²) in [6.07, 6.45) is 2.46. The second-order valence-electron chi connectivity index (χ2n) is 6.08. The maximum atomic E-state index is 12.4. The molecule has 1 aliphatic heterocycles. The number of carbonyl (C=O) groups is 2. The number of aromatic nitrogens is 1. The zero-order chi connectivity index (χ0) is 15.3. The molecular formula is C16H17N3O3. The highest BCUT2D eigenvalue weighted by molar-refractivity contribution is 5.98. The summed E-state index contributed by atoms with van der Waals surface area (Å²) in [4.78, 5) is 30.4. The van der Waals surface area contributed by atoms with Crippen LogP contribution in [0.25, 0.3) is 11.1 Å². The van der Waals surface area contributed by atoms with Crippen molar-refractivity contribution in [3.8, 4) is 0 Å². The molecule has 2 fully saturated rings. The zero-order valence-electron chi connectivity index (χ0n) is 12.3. The third kappa shape index (κ3) is 2.34. The molecule has 114 valence electrons. The predicted octanol–water partition coefficient (Wildman–Crippen LogP) is 2.09. The van der Waals surface area contributed by atoms with Gasteiger partial charge in [0.2, 0.25) is 11.8 Å². The second kappa shape index (κ2) is 4.83. The van der Waals surface area contributed by atoms with E-state index in [2.05, 4.69) is 10.3 Å². The summed E-state index contributed by atoms with van der Waals surface area (Å²) in [5.41, 5.74) is 2.10. The number of carbonyl (C=O) groups excluding carboxylic acids is 2. The number of hydrogen-bond donors (Lipinski definition) is 1. The minimum Gasteiger partial charge on any atom is -0.441 e. The first-order valence-corrected chi connectivity index (χ1v) is 7.57. The normalized spacial score (nSPS) is 21.6. The minimum absolute atomic E-state index is 0.101. The smallest absolute Gasteiger partial charge is 0.229 e. The van der Waals surface area contributed by atoms with Gasteiger partial charge in [0.05, 0.1) is 5.92 Å². The lowest BCUT2D eigenvalue weighted by molar-refractivity contribution is -0.128. The Morgan fingerprint density at radius 3 is 3.00 bits per heavy atom. The van der Waals surface area contributed by atoms with Crippen LogP contribution in [0.1, 0.15) is 25.2 Å². The monoisotopic (exact) mass is 299 g/mol. The fourth-order valence-electron chi connectivity index (χ4n) is 3.01. The molecule has 4 rings (SSSR count). The first-order chi connectivity index (χ1) is 10.6. The third-order valence-corrected chi connectivity index (χ3v) is 4.28. The fourth-order valence-corrected chi connectivity index (χ4v) is 3.01. The summed E-state index contributed by atoms with van der Waals surface area (Å²) < 4.78 is 5.41. The van der Waals surface area contributed by atoms with E-state index in [-0.39, 0.29) is 17.7 Å². The number of fused-ring (bicyclic) bond motifs is 1. The van der Waals surface area contributed by atoms with Crippen molar-refractivity contribution in [1.29, 1.82) is 0 Å². The van der Waals surface area contributed by atoms with Crippen molar-refractivity contribution in [1.82, 2.24) is 9.88 Å². The predicted molar refractivity (Wildman–Crippen MR) is 80.2 cm³/mol. The summed E-state index contributed by atoms with van der Waals surface area (Å²) in [5, 5.41) is 2.89. The number of aryl methyl sites for hydroxylation is 1. The summed E-state index contributed by atoms with van der Waals surface area (Å²) in [5.74, 6) is 0.337. The Labute approximate surface area is 127 Å². The number of hydrogen-bond acceptors (Lipinski definition) is 4. The molecule has 0 bridgehead atoms. The zero-order valence-corrected chi connectivity index (χ0v) is 12.3. The molecule has 0 radical (unpaired) electrons. The molecular weight excluding hydrogens is 282 g/mol. The van der Waals surface area contributed by atoms with Crippen molar-refractivity contribution in [2.24, 2.45) is 5.92 Å². The van der Waals surface area contributed by atoms with Gasteiger partial charge < -0.3 is 14.6 Å². The van der Waals surface area contributed by atoms with Gasteiger partial charge in [-0.15, -0.1) is 0 Å². The first kappa shape index (κ1) is 13.3. The highest BCUT2D eigenvalue weighted by Crippen LogP contribution is 2.33. The molecule has 1 aromatic heterocycles. The lowest BCUT2D eigenvalue weighted by Crippen LogP contribution is -2.29. The van der Waals surface area contributed by atoms with E-state index in [1.165, 1.54) is 0 Å². The van der Waals surface area contributed by atoms with Crippen molar-refractivity contribution in [2.75, 3.05) is 11.9 Å². The number of amides is 2. The van der Waals surface area contributed by atoms with Crippen LogP contribution in [0.2, 0.25) is 0 Å². The van der Waals surface area contributed by atoms with Crippen molar-refractivity contribution >= 4 is 28.6 Å². The second-order valence-corrected chi connectivity index (χ2v) is 6.08. The van der Waals surface area contributed by atoms with E-state index in [0.717, 1.165) is 18.4 Å². The van der Waals surface area contributed by atoms with Gasteiger partial charge in [0, 0.05) is 31.6 Å². The largest absolute Gasteiger partial charge is 0.441 e. The lowest BCUT2D eigenvalue weighted by Gasteiger charge is -2.15. The number of nitrogens with zero attached hydrogens (tertiary/aromatic N) is 2. The van der Waals surface area contributed by atoms with Crippen LogP contribution >= 0.6 is 0 Å². The van der Waals surface area contributed by atoms with Crippen LogP contribution in [0.4, 0.5) is 5.69 Å². The van der Waals surface area contributed by atoms with Crippen LogP contribution in [0, 0.1) is 12.8 Å². The van der Waals surface area contributed by atoms with Gasteiger partial charge in [0.1, 0.15) is 5.52 Å². The van der Waals surface area contributed by atoms with Crippen LogP contribution in [0.5, 0.6) is 0 Å². The number of likely N-dealkylation sites (tertiary alicyclic amines) is 1. The van der Waals surface area contributed by atoms with Crippen LogP contribution < -0.4 is 5.32 Å². The average molecular weight is 299 g/mol. The molecule has 2 aliphatic rings. The highest BCUT2D eigenvalue weighted by atomic mass is 16.3. The standard InChI is InChI=1S/C16H17N3O3/c1-9-17-13-7-11(2-5-14(13)22-9)18-16(21)10-6-15(20)19(8-10)12-3-4-12/h2,5,7,10,12H,3-4,6,8H2,1H3,(H,18,21)/t10-/m1/s1. The van der Waals surface area contributed by atoms with E-state index < -0.39 is 0 Å². The topological polar surface area (TPSA) is 75.4 Å². The number of nitrogens with one attached hydrogen (secondary N) is 1. The van der Waals surface area contributed by atoms with Gasteiger partial charge in [0.15, 0.2) is 11.5 Å². The van der Waals surface area contributed by atoms with Gasteiger partial charge in [-0.3, -0.25) is 9.59 Å². The molecule has 6 nitrogen and oxygen atoms in total. The molecule has 0 spiro atoms. The highest BCUT2D eigenvalue weighted by Gasteiger charge is 2.41. The van der Waals surface area contributed by atoms with Gasteiger partial charge in [0.25, 0.3) is 0 Å². The van der Waals surface area contributed by atoms with Gasteiger partial charge in [-0.1, -0.05) is 0 Å². The molecule has 2 aromatic rings. The Morgan fingerprint density at radius 1 is 1.41 bits per heavy atom. The molecule has 1 N–H and O–H groups in total.